The highest BCUT2D eigenvalue weighted by Gasteiger charge is 2.34. The molecule has 5 aromatic carbocycles. The van der Waals surface area contributed by atoms with Crippen molar-refractivity contribution < 1.29 is 35.1 Å². The Kier molecular flexibility index (Phi) is 5.99. The smallest absolute Gasteiger partial charge is 0.207 e. The Balaban J connectivity index is 1.62. The average molecular weight is 605 g/mol. The third-order valence-corrected chi connectivity index (χ3v) is 8.17. The second kappa shape index (κ2) is 9.39. The molecule has 2 aliphatic rings. The maximum atomic E-state index is 14.6. The van der Waals surface area contributed by atoms with Gasteiger partial charge in [-0.2, -0.15) is 26.3 Å². The Labute approximate surface area is 246 Å². The molecule has 0 atom stereocenters. The van der Waals surface area contributed by atoms with Gasteiger partial charge in [0.2, 0.25) is 0 Å². The lowest BCUT2D eigenvalue weighted by molar-refractivity contribution is -0.138. The van der Waals surface area contributed by atoms with E-state index in [9.17, 15) is 35.1 Å². The van der Waals surface area contributed by atoms with Gasteiger partial charge in [-0.1, -0.05) is 24.3 Å². The van der Waals surface area contributed by atoms with Crippen LogP contribution in [0.4, 0.5) is 35.1 Å². The summed E-state index contributed by atoms with van der Waals surface area (Å²) in [7, 11) is 0. The lowest BCUT2D eigenvalue weighted by Crippen LogP contribution is -2.15. The molecule has 0 saturated heterocycles. The molecule has 44 heavy (non-hydrogen) atoms. The first-order valence-electron chi connectivity index (χ1n) is 13.6. The van der Waals surface area contributed by atoms with Crippen LogP contribution >= 0.6 is 0 Å². The van der Waals surface area contributed by atoms with Crippen LogP contribution in [0, 0.1) is 25.5 Å². The van der Waals surface area contributed by atoms with E-state index in [4.69, 9.17) is 0 Å². The van der Waals surface area contributed by atoms with Crippen molar-refractivity contribution in [2.24, 2.45) is 0 Å². The van der Waals surface area contributed by atoms with E-state index < -0.39 is 35.1 Å². The van der Waals surface area contributed by atoms with Crippen molar-refractivity contribution in [1.82, 2.24) is 0 Å². The van der Waals surface area contributed by atoms with E-state index in [2.05, 4.69) is 0 Å². The molecule has 0 heterocycles. The zero-order valence-electron chi connectivity index (χ0n) is 23.1. The fourth-order valence-electron chi connectivity index (χ4n) is 6.47. The molecule has 0 unspecified atom stereocenters. The second-order valence-electron chi connectivity index (χ2n) is 11.2. The van der Waals surface area contributed by atoms with Gasteiger partial charge in [0.15, 0.2) is 0 Å². The van der Waals surface area contributed by atoms with Crippen LogP contribution in [-0.2, 0) is 12.4 Å². The molecule has 0 aromatic heterocycles. The van der Waals surface area contributed by atoms with E-state index in [1.165, 1.54) is 24.3 Å². The summed E-state index contributed by atoms with van der Waals surface area (Å²) in [5.74, 6) is -1.14. The summed E-state index contributed by atoms with van der Waals surface area (Å²) in [5, 5.41) is 1.08. The normalized spacial score (nSPS) is 13.6. The number of hydrogen-bond acceptors (Lipinski definition) is 0. The van der Waals surface area contributed by atoms with E-state index >= 15 is 0 Å². The van der Waals surface area contributed by atoms with Crippen LogP contribution in [-0.4, -0.2) is 0 Å². The molecule has 0 nitrogen and oxygen atoms in total. The van der Waals surface area contributed by atoms with E-state index in [1.807, 2.05) is 0 Å². The van der Waals surface area contributed by atoms with Crippen molar-refractivity contribution in [1.29, 1.82) is 0 Å². The van der Waals surface area contributed by atoms with Gasteiger partial charge in [-0.25, -0.2) is 8.78 Å². The van der Waals surface area contributed by atoms with Crippen molar-refractivity contribution in [2.75, 3.05) is 0 Å². The Morgan fingerprint density at radius 2 is 0.795 bits per heavy atom. The molecule has 8 heteroatoms. The van der Waals surface area contributed by atoms with E-state index in [0.29, 0.717) is 66.1 Å². The van der Waals surface area contributed by atoms with E-state index in [1.54, 1.807) is 50.2 Å². The molecule has 0 saturated carbocycles. The minimum Gasteiger partial charge on any atom is -0.207 e. The minimum absolute atomic E-state index is 0.248. The number of fused-ring (bicyclic) bond motifs is 6. The van der Waals surface area contributed by atoms with Crippen LogP contribution in [0.1, 0.15) is 44.5 Å². The van der Waals surface area contributed by atoms with Crippen molar-refractivity contribution in [3.63, 3.8) is 0 Å². The molecule has 220 valence electrons. The molecule has 0 fully saturated rings. The molecular formula is C36H20F8. The highest BCUT2D eigenvalue weighted by Crippen LogP contribution is 2.42. The standard InChI is InChI=1S/C36H20F8/c1-17-7-19(11-21(9-17)35(39,40)41)33-29-13-23(37)3-5-25(29)27-16-32-28(15-31(27)33)26-6-4-24(38)14-30(26)34(32)20-8-18(2)10-22(12-20)36(42,43)44/h3-16H,1-2H3. The molecule has 0 amide bonds. The van der Waals surface area contributed by atoms with Crippen LogP contribution < -0.4 is 10.4 Å². The van der Waals surface area contributed by atoms with Gasteiger partial charge in [0, 0.05) is 0 Å². The fourth-order valence-corrected chi connectivity index (χ4v) is 6.47. The topological polar surface area (TPSA) is 0 Å². The molecule has 5 aromatic rings. The van der Waals surface area contributed by atoms with Crippen LogP contribution in [0.25, 0.3) is 33.4 Å². The number of aryl methyl sites for hydroxylation is 2. The number of hydrogen-bond donors (Lipinski definition) is 0. The molecule has 0 N–H and O–H groups in total. The molecule has 0 bridgehead atoms. The summed E-state index contributed by atoms with van der Waals surface area (Å²) in [4.78, 5) is 0. The lowest BCUT2D eigenvalue weighted by Gasteiger charge is -2.13. The maximum Gasteiger partial charge on any atom is 0.416 e. The molecule has 0 radical (unpaired) electrons. The second-order valence-corrected chi connectivity index (χ2v) is 11.2. The minimum atomic E-state index is -4.61. The maximum absolute atomic E-state index is 14.6. The Bertz CT molecular complexity index is 2030. The fraction of sp³-hybridized carbons (Fsp3) is 0.111. The zero-order valence-corrected chi connectivity index (χ0v) is 23.1. The summed E-state index contributed by atoms with van der Waals surface area (Å²) >= 11 is 0. The van der Waals surface area contributed by atoms with Crippen molar-refractivity contribution in [3.8, 4) is 22.3 Å². The molecular weight excluding hydrogens is 584 g/mol. The summed E-state index contributed by atoms with van der Waals surface area (Å²) in [6.45, 7) is 3.10. The highest BCUT2D eigenvalue weighted by atomic mass is 19.4. The van der Waals surface area contributed by atoms with Gasteiger partial charge in [-0.15, -0.1) is 0 Å². The third kappa shape index (κ3) is 4.43. The van der Waals surface area contributed by atoms with Gasteiger partial charge < -0.3 is 0 Å². The van der Waals surface area contributed by atoms with Gasteiger partial charge in [-0.3, -0.25) is 0 Å². The van der Waals surface area contributed by atoms with Crippen molar-refractivity contribution in [3.05, 3.63) is 152 Å². The van der Waals surface area contributed by atoms with Crippen LogP contribution in [0.2, 0.25) is 0 Å². The molecule has 0 aliphatic heterocycles. The van der Waals surface area contributed by atoms with E-state index in [-0.39, 0.29) is 11.1 Å². The van der Waals surface area contributed by atoms with Crippen molar-refractivity contribution >= 4 is 11.1 Å². The molecule has 0 spiro atoms. The quantitative estimate of drug-likeness (QED) is 0.173. The van der Waals surface area contributed by atoms with Crippen molar-refractivity contribution in [2.45, 2.75) is 26.2 Å². The monoisotopic (exact) mass is 604 g/mol. The summed E-state index contributed by atoms with van der Waals surface area (Å²) in [5.41, 5.74) is 3.44. The lowest BCUT2D eigenvalue weighted by atomic mass is 9.94. The zero-order chi connectivity index (χ0) is 31.3. The van der Waals surface area contributed by atoms with E-state index in [0.717, 1.165) is 24.3 Å². The Morgan fingerprint density at radius 1 is 0.409 bits per heavy atom. The van der Waals surface area contributed by atoms with Gasteiger partial charge in [0.1, 0.15) is 11.6 Å². The van der Waals surface area contributed by atoms with Gasteiger partial charge in [0.25, 0.3) is 0 Å². The SMILES string of the molecule is Cc1cc(C2=c3cc4c(cc3-c3ccc(F)cc32)=C(c2cc(C)cc(C(F)(F)F)c2)c2cc(F)ccc2-4)cc(C(F)(F)F)c1. The first kappa shape index (κ1) is 28.1. The molecule has 7 rings (SSSR count). The summed E-state index contributed by atoms with van der Waals surface area (Å²) < 4.78 is 112. The molecule has 2 aliphatic carbocycles. The van der Waals surface area contributed by atoms with Crippen LogP contribution in [0.15, 0.2) is 84.9 Å². The third-order valence-electron chi connectivity index (χ3n) is 8.17. The summed E-state index contributed by atoms with van der Waals surface area (Å²) in [6, 6.07) is 19.0. The van der Waals surface area contributed by atoms with Gasteiger partial charge in [-0.05, 0) is 152 Å². The average Bonchev–Trinajstić information content (AvgIpc) is 3.40. The van der Waals surface area contributed by atoms with Gasteiger partial charge >= 0.3 is 12.4 Å². The highest BCUT2D eigenvalue weighted by molar-refractivity contribution is 6.01. The first-order valence-corrected chi connectivity index (χ1v) is 13.6. The Hall–Kier alpha value is -4.72. The number of alkyl halides is 6. The number of rotatable bonds is 2. The van der Waals surface area contributed by atoms with Crippen LogP contribution in [0.5, 0.6) is 0 Å². The number of halogens is 8. The van der Waals surface area contributed by atoms with Gasteiger partial charge in [0.05, 0.1) is 11.1 Å². The predicted molar refractivity (Wildman–Crippen MR) is 152 cm³/mol. The van der Waals surface area contributed by atoms with Crippen LogP contribution in [0.3, 0.4) is 0 Å². The predicted octanol–water partition coefficient (Wildman–Crippen LogP) is 9.07. The number of benzene rings is 5. The summed E-state index contributed by atoms with van der Waals surface area (Å²) in [6.07, 6.45) is -9.22. The largest absolute Gasteiger partial charge is 0.416 e. The Morgan fingerprint density at radius 3 is 1.16 bits per heavy atom. The first-order chi connectivity index (χ1) is 20.7.